The first-order valence-corrected chi connectivity index (χ1v) is 8.47. The Morgan fingerprint density at radius 2 is 2.09 bits per heavy atom. The number of thioether (sulfide) groups is 1. The SMILES string of the molecule is CCN1C(=O)/C(=C/c2cnn(-c3ccc(C)cc3)c2)SC1S. The molecule has 114 valence electrons. The van der Waals surface area contributed by atoms with Gasteiger partial charge in [-0.3, -0.25) is 4.79 Å². The molecule has 2 aromatic rings. The van der Waals surface area contributed by atoms with Gasteiger partial charge in [0.05, 0.1) is 16.8 Å². The maximum absolute atomic E-state index is 12.2. The van der Waals surface area contributed by atoms with Crippen molar-refractivity contribution in [1.29, 1.82) is 0 Å². The van der Waals surface area contributed by atoms with Crippen LogP contribution in [0.25, 0.3) is 11.8 Å². The molecule has 1 aliphatic heterocycles. The fourth-order valence-electron chi connectivity index (χ4n) is 2.27. The molecule has 22 heavy (non-hydrogen) atoms. The lowest BCUT2D eigenvalue weighted by atomic mass is 10.2. The second-order valence-corrected chi connectivity index (χ2v) is 7.06. The molecule has 1 saturated heterocycles. The summed E-state index contributed by atoms with van der Waals surface area (Å²) in [6.07, 6.45) is 5.57. The van der Waals surface area contributed by atoms with Crippen LogP contribution >= 0.6 is 24.4 Å². The molecule has 3 rings (SSSR count). The van der Waals surface area contributed by atoms with E-state index in [0.717, 1.165) is 11.3 Å². The first-order chi connectivity index (χ1) is 10.6. The van der Waals surface area contributed by atoms with Crippen molar-refractivity contribution in [2.75, 3.05) is 6.54 Å². The van der Waals surface area contributed by atoms with Gasteiger partial charge in [-0.05, 0) is 32.1 Å². The van der Waals surface area contributed by atoms with E-state index in [1.54, 1.807) is 11.1 Å². The Kier molecular flexibility index (Phi) is 4.31. The lowest BCUT2D eigenvalue weighted by Gasteiger charge is -2.15. The quantitative estimate of drug-likeness (QED) is 0.692. The molecule has 1 aliphatic rings. The summed E-state index contributed by atoms with van der Waals surface area (Å²) in [7, 11) is 0. The normalized spacial score (nSPS) is 20.1. The summed E-state index contributed by atoms with van der Waals surface area (Å²) in [5, 5.41) is 4.36. The van der Waals surface area contributed by atoms with E-state index in [1.807, 2.05) is 36.0 Å². The molecular formula is C16H17N3OS2. The fourth-order valence-corrected chi connectivity index (χ4v) is 3.90. The van der Waals surface area contributed by atoms with Crippen molar-refractivity contribution < 1.29 is 4.79 Å². The molecule has 0 aliphatic carbocycles. The number of rotatable bonds is 3. The third kappa shape index (κ3) is 2.94. The summed E-state index contributed by atoms with van der Waals surface area (Å²) in [6, 6.07) is 8.15. The number of amides is 1. The summed E-state index contributed by atoms with van der Waals surface area (Å²) < 4.78 is 1.71. The number of benzene rings is 1. The number of thiol groups is 1. The van der Waals surface area contributed by atoms with Crippen molar-refractivity contribution in [2.45, 2.75) is 18.6 Å². The second-order valence-electron chi connectivity index (χ2n) is 5.10. The highest BCUT2D eigenvalue weighted by Gasteiger charge is 2.32. The van der Waals surface area contributed by atoms with Gasteiger partial charge in [0.25, 0.3) is 5.91 Å². The lowest BCUT2D eigenvalue weighted by molar-refractivity contribution is -0.124. The van der Waals surface area contributed by atoms with Gasteiger partial charge in [0.1, 0.15) is 4.71 Å². The fraction of sp³-hybridized carbons (Fsp3) is 0.250. The Bertz CT molecular complexity index is 721. The molecule has 0 saturated carbocycles. The molecule has 0 N–H and O–H groups in total. The summed E-state index contributed by atoms with van der Waals surface area (Å²) in [4.78, 5) is 14.7. The Morgan fingerprint density at radius 3 is 2.73 bits per heavy atom. The van der Waals surface area contributed by atoms with Crippen molar-refractivity contribution >= 4 is 36.4 Å². The van der Waals surface area contributed by atoms with Crippen LogP contribution in [0.5, 0.6) is 0 Å². The molecule has 1 amide bonds. The number of aryl methyl sites for hydroxylation is 1. The number of hydrogen-bond donors (Lipinski definition) is 1. The van der Waals surface area contributed by atoms with E-state index in [4.69, 9.17) is 0 Å². The van der Waals surface area contributed by atoms with Gasteiger partial charge in [-0.15, -0.1) is 12.6 Å². The maximum Gasteiger partial charge on any atom is 0.261 e. The number of likely N-dealkylation sites (N-methyl/N-ethyl adjacent to an activating group) is 1. The maximum atomic E-state index is 12.2. The topological polar surface area (TPSA) is 38.1 Å². The lowest BCUT2D eigenvalue weighted by Crippen LogP contribution is -2.28. The average Bonchev–Trinajstić information content (AvgIpc) is 3.06. The number of carbonyl (C=O) groups excluding carboxylic acids is 1. The molecule has 0 spiro atoms. The van der Waals surface area contributed by atoms with Crippen molar-refractivity contribution in [1.82, 2.24) is 14.7 Å². The number of hydrogen-bond acceptors (Lipinski definition) is 4. The smallest absolute Gasteiger partial charge is 0.261 e. The number of carbonyl (C=O) groups is 1. The first kappa shape index (κ1) is 15.2. The van der Waals surface area contributed by atoms with Gasteiger partial charge >= 0.3 is 0 Å². The van der Waals surface area contributed by atoms with E-state index < -0.39 is 0 Å². The van der Waals surface area contributed by atoms with Gasteiger partial charge in [-0.25, -0.2) is 4.68 Å². The highest BCUT2D eigenvalue weighted by Crippen LogP contribution is 2.37. The molecule has 1 unspecified atom stereocenters. The van der Waals surface area contributed by atoms with Crippen molar-refractivity contribution in [3.8, 4) is 5.69 Å². The average molecular weight is 331 g/mol. The van der Waals surface area contributed by atoms with Crippen LogP contribution in [0.1, 0.15) is 18.1 Å². The van der Waals surface area contributed by atoms with Gasteiger partial charge in [-0.1, -0.05) is 29.5 Å². The number of aromatic nitrogens is 2. The Labute approximate surface area is 139 Å². The second kappa shape index (κ2) is 6.22. The van der Waals surface area contributed by atoms with Crippen LogP contribution in [-0.2, 0) is 4.79 Å². The monoisotopic (exact) mass is 331 g/mol. The van der Waals surface area contributed by atoms with Gasteiger partial charge in [0, 0.05) is 18.3 Å². The highest BCUT2D eigenvalue weighted by atomic mass is 32.2. The van der Waals surface area contributed by atoms with Crippen LogP contribution in [0.4, 0.5) is 0 Å². The number of nitrogens with zero attached hydrogens (tertiary/aromatic N) is 3. The molecule has 1 aromatic carbocycles. The Balaban J connectivity index is 1.84. The van der Waals surface area contributed by atoms with E-state index in [2.05, 4.69) is 36.8 Å². The highest BCUT2D eigenvalue weighted by molar-refractivity contribution is 8.14. The van der Waals surface area contributed by atoms with Gasteiger partial charge < -0.3 is 4.90 Å². The predicted octanol–water partition coefficient (Wildman–Crippen LogP) is 3.33. The van der Waals surface area contributed by atoms with Crippen LogP contribution in [-0.4, -0.2) is 31.8 Å². The van der Waals surface area contributed by atoms with Crippen molar-refractivity contribution in [3.63, 3.8) is 0 Å². The van der Waals surface area contributed by atoms with Gasteiger partial charge in [-0.2, -0.15) is 5.10 Å². The predicted molar refractivity (Wildman–Crippen MR) is 94.0 cm³/mol. The molecule has 1 fully saturated rings. The van der Waals surface area contributed by atoms with Crippen molar-refractivity contribution in [2.24, 2.45) is 0 Å². The first-order valence-electron chi connectivity index (χ1n) is 7.07. The van der Waals surface area contributed by atoms with Crippen LogP contribution in [0.3, 0.4) is 0 Å². The zero-order valence-corrected chi connectivity index (χ0v) is 14.1. The van der Waals surface area contributed by atoms with Crippen LogP contribution in [0.15, 0.2) is 41.6 Å². The summed E-state index contributed by atoms with van der Waals surface area (Å²) >= 11 is 5.90. The van der Waals surface area contributed by atoms with E-state index >= 15 is 0 Å². The minimum absolute atomic E-state index is 0.0376. The van der Waals surface area contributed by atoms with E-state index in [1.165, 1.54) is 17.3 Å². The van der Waals surface area contributed by atoms with E-state index in [9.17, 15) is 4.79 Å². The largest absolute Gasteiger partial charge is 0.317 e. The molecule has 1 aromatic heterocycles. The standard InChI is InChI=1S/C16H17N3OS2/c1-3-18-15(20)14(22-16(18)21)8-12-9-17-19(10-12)13-6-4-11(2)5-7-13/h4-10,16,21H,3H2,1-2H3/b14-8-. The van der Waals surface area contributed by atoms with Gasteiger partial charge in [0.15, 0.2) is 0 Å². The molecule has 2 heterocycles. The minimum Gasteiger partial charge on any atom is -0.317 e. The third-order valence-corrected chi connectivity index (χ3v) is 5.12. The zero-order chi connectivity index (χ0) is 15.7. The molecule has 6 heteroatoms. The zero-order valence-electron chi connectivity index (χ0n) is 12.4. The molecule has 0 radical (unpaired) electrons. The van der Waals surface area contributed by atoms with E-state index in [-0.39, 0.29) is 10.6 Å². The van der Waals surface area contributed by atoms with Crippen LogP contribution < -0.4 is 0 Å². The molecular weight excluding hydrogens is 314 g/mol. The summed E-state index contributed by atoms with van der Waals surface area (Å²) in [5.74, 6) is 0.0376. The van der Waals surface area contributed by atoms with Crippen LogP contribution in [0, 0.1) is 6.92 Å². The summed E-state index contributed by atoms with van der Waals surface area (Å²) in [5.41, 5.74) is 3.13. The summed E-state index contributed by atoms with van der Waals surface area (Å²) in [6.45, 7) is 4.68. The molecule has 1 atom stereocenters. The van der Waals surface area contributed by atoms with Gasteiger partial charge in [0.2, 0.25) is 0 Å². The van der Waals surface area contributed by atoms with E-state index in [0.29, 0.717) is 11.4 Å². The third-order valence-electron chi connectivity index (χ3n) is 3.51. The molecule has 4 nitrogen and oxygen atoms in total. The Morgan fingerprint density at radius 1 is 1.36 bits per heavy atom. The Hall–Kier alpha value is -1.66. The minimum atomic E-state index is -0.101. The van der Waals surface area contributed by atoms with Crippen LogP contribution in [0.2, 0.25) is 0 Å². The molecule has 0 bridgehead atoms. The van der Waals surface area contributed by atoms with Crippen molar-refractivity contribution in [3.05, 3.63) is 52.7 Å².